The zero-order valence-electron chi connectivity index (χ0n) is 17.9. The summed E-state index contributed by atoms with van der Waals surface area (Å²) >= 11 is 0. The van der Waals surface area contributed by atoms with Crippen LogP contribution in [0.4, 0.5) is 5.95 Å². The van der Waals surface area contributed by atoms with Gasteiger partial charge in [0.15, 0.2) is 0 Å². The lowest BCUT2D eigenvalue weighted by molar-refractivity contribution is -0.145. The topological polar surface area (TPSA) is 142 Å². The van der Waals surface area contributed by atoms with E-state index in [1.54, 1.807) is 29.0 Å². The number of carboxylic acids is 1. The van der Waals surface area contributed by atoms with E-state index in [2.05, 4.69) is 15.0 Å². The molecule has 1 fully saturated rings. The fraction of sp³-hybridized carbons (Fsp3) is 0.409. The van der Waals surface area contributed by atoms with E-state index in [0.717, 1.165) is 5.39 Å². The summed E-state index contributed by atoms with van der Waals surface area (Å²) in [5.74, 6) is -0.417. The quantitative estimate of drug-likeness (QED) is 0.591. The minimum atomic E-state index is -0.988. The van der Waals surface area contributed by atoms with Crippen LogP contribution in [0.25, 0.3) is 22.2 Å². The number of carbonyl (C=O) groups is 1. The van der Waals surface area contributed by atoms with Crippen molar-refractivity contribution in [3.8, 4) is 17.0 Å². The van der Waals surface area contributed by atoms with Crippen molar-refractivity contribution in [1.82, 2.24) is 19.5 Å². The second-order valence-electron chi connectivity index (χ2n) is 7.86. The van der Waals surface area contributed by atoms with Crippen LogP contribution in [0.3, 0.4) is 0 Å². The van der Waals surface area contributed by atoms with E-state index in [0.29, 0.717) is 54.0 Å². The lowest BCUT2D eigenvalue weighted by atomic mass is 9.92. The van der Waals surface area contributed by atoms with Crippen molar-refractivity contribution < 1.29 is 19.4 Å². The van der Waals surface area contributed by atoms with E-state index >= 15 is 0 Å². The maximum absolute atomic E-state index is 13.6. The molecule has 3 aromatic heterocycles. The maximum atomic E-state index is 13.6. The number of aliphatic carboxylic acids is 1. The molecule has 10 heteroatoms. The first-order chi connectivity index (χ1) is 15.4. The van der Waals surface area contributed by atoms with E-state index < -0.39 is 5.97 Å². The number of nitrogen functional groups attached to an aromatic ring is 1. The zero-order chi connectivity index (χ0) is 22.8. The van der Waals surface area contributed by atoms with Crippen LogP contribution in [0.15, 0.2) is 29.2 Å². The number of nitrogens with two attached hydrogens (primary N) is 1. The van der Waals surface area contributed by atoms with Gasteiger partial charge in [-0.3, -0.25) is 9.36 Å². The number of nitrogens with zero attached hydrogens (tertiary/aromatic N) is 4. The van der Waals surface area contributed by atoms with Crippen LogP contribution >= 0.6 is 0 Å². The first-order valence-electron chi connectivity index (χ1n) is 10.4. The SMILES string of the molecule is COc1ccc(-c2cc3c(C)nc(N)nc3n(C3CCC(OCC(=O)O)CC3)c2=O)cn1. The second kappa shape index (κ2) is 8.91. The molecule has 0 spiro atoms. The van der Waals surface area contributed by atoms with Gasteiger partial charge in [-0.2, -0.15) is 4.98 Å². The molecule has 1 aliphatic carbocycles. The minimum absolute atomic E-state index is 0.112. The van der Waals surface area contributed by atoms with Crippen LogP contribution in [0.1, 0.15) is 37.4 Å². The van der Waals surface area contributed by atoms with Crippen LogP contribution in [0, 0.1) is 6.92 Å². The van der Waals surface area contributed by atoms with Crippen molar-refractivity contribution in [3.05, 3.63) is 40.4 Å². The van der Waals surface area contributed by atoms with Crippen molar-refractivity contribution in [2.75, 3.05) is 19.5 Å². The average molecular weight is 439 g/mol. The van der Waals surface area contributed by atoms with E-state index in [1.165, 1.54) is 7.11 Å². The molecule has 168 valence electrons. The highest BCUT2D eigenvalue weighted by Crippen LogP contribution is 2.33. The molecule has 3 N–H and O–H groups in total. The number of aryl methyl sites for hydroxylation is 1. The molecule has 0 radical (unpaired) electrons. The summed E-state index contributed by atoms with van der Waals surface area (Å²) in [5.41, 5.74) is 8.07. The van der Waals surface area contributed by atoms with Gasteiger partial charge in [0.2, 0.25) is 11.8 Å². The minimum Gasteiger partial charge on any atom is -0.481 e. The van der Waals surface area contributed by atoms with Crippen LogP contribution in [-0.2, 0) is 9.53 Å². The molecular formula is C22H25N5O5. The molecule has 3 aromatic rings. The van der Waals surface area contributed by atoms with Gasteiger partial charge in [0.1, 0.15) is 12.3 Å². The third kappa shape index (κ3) is 4.26. The molecule has 0 aliphatic heterocycles. The third-order valence-corrected chi connectivity index (χ3v) is 5.81. The Kier molecular flexibility index (Phi) is 6.04. The average Bonchev–Trinajstić information content (AvgIpc) is 2.78. The molecule has 0 unspecified atom stereocenters. The van der Waals surface area contributed by atoms with Crippen LogP contribution < -0.4 is 16.0 Å². The Bertz CT molecular complexity index is 1200. The van der Waals surface area contributed by atoms with Crippen LogP contribution in [-0.4, -0.2) is 50.4 Å². The first kappa shape index (κ1) is 21.7. The molecule has 10 nitrogen and oxygen atoms in total. The fourth-order valence-corrected chi connectivity index (χ4v) is 4.24. The maximum Gasteiger partial charge on any atom is 0.329 e. The normalized spacial score (nSPS) is 18.6. The summed E-state index contributed by atoms with van der Waals surface area (Å²) in [5, 5.41) is 9.59. The van der Waals surface area contributed by atoms with Gasteiger partial charge in [0, 0.05) is 34.8 Å². The predicted octanol–water partition coefficient (Wildman–Crippen LogP) is 2.34. The Morgan fingerprint density at radius 2 is 2.00 bits per heavy atom. The van der Waals surface area contributed by atoms with Crippen molar-refractivity contribution in [2.45, 2.75) is 44.8 Å². The number of anilines is 1. The van der Waals surface area contributed by atoms with Crippen LogP contribution in [0.5, 0.6) is 5.88 Å². The van der Waals surface area contributed by atoms with E-state index in [1.807, 2.05) is 6.92 Å². The van der Waals surface area contributed by atoms with Crippen LogP contribution in [0.2, 0.25) is 0 Å². The monoisotopic (exact) mass is 439 g/mol. The molecule has 3 heterocycles. The third-order valence-electron chi connectivity index (χ3n) is 5.81. The highest BCUT2D eigenvalue weighted by Gasteiger charge is 2.27. The molecular weight excluding hydrogens is 414 g/mol. The van der Waals surface area contributed by atoms with Crippen molar-refractivity contribution in [1.29, 1.82) is 0 Å². The lowest BCUT2D eigenvalue weighted by Gasteiger charge is -2.30. The number of hydrogen-bond acceptors (Lipinski definition) is 8. The Morgan fingerprint density at radius 1 is 1.25 bits per heavy atom. The van der Waals surface area contributed by atoms with Gasteiger partial charge in [-0.05, 0) is 44.7 Å². The number of aromatic nitrogens is 4. The largest absolute Gasteiger partial charge is 0.481 e. The van der Waals surface area contributed by atoms with Gasteiger partial charge in [-0.25, -0.2) is 14.8 Å². The van der Waals surface area contributed by atoms with E-state index in [4.69, 9.17) is 20.3 Å². The molecule has 0 aromatic carbocycles. The smallest absolute Gasteiger partial charge is 0.329 e. The summed E-state index contributed by atoms with van der Waals surface area (Å²) in [4.78, 5) is 37.3. The first-order valence-corrected chi connectivity index (χ1v) is 10.4. The Labute approximate surface area is 184 Å². The molecule has 4 rings (SSSR count). The highest BCUT2D eigenvalue weighted by atomic mass is 16.5. The van der Waals surface area contributed by atoms with E-state index in [-0.39, 0.29) is 30.3 Å². The molecule has 0 atom stereocenters. The number of rotatable bonds is 6. The number of ether oxygens (including phenoxy) is 2. The summed E-state index contributed by atoms with van der Waals surface area (Å²) in [6.07, 6.45) is 4.09. The van der Waals surface area contributed by atoms with Crippen molar-refractivity contribution in [3.63, 3.8) is 0 Å². The molecule has 1 saturated carbocycles. The molecule has 0 amide bonds. The summed E-state index contributed by atoms with van der Waals surface area (Å²) in [6, 6.07) is 5.17. The summed E-state index contributed by atoms with van der Waals surface area (Å²) in [6.45, 7) is 1.52. The van der Waals surface area contributed by atoms with Crippen molar-refractivity contribution in [2.24, 2.45) is 0 Å². The lowest BCUT2D eigenvalue weighted by Crippen LogP contribution is -2.32. The standard InChI is InChI=1S/C22H25N5O5/c1-12-16-9-17(13-3-8-18(31-2)24-10-13)21(30)27(20(16)26-22(23)25-12)14-4-6-15(7-5-14)32-11-19(28)29/h3,8-10,14-15H,4-7,11H2,1-2H3,(H,28,29)(H2,23,25,26). The second-order valence-corrected chi connectivity index (χ2v) is 7.86. The predicted molar refractivity (Wildman–Crippen MR) is 118 cm³/mol. The van der Waals surface area contributed by atoms with Crippen molar-refractivity contribution >= 4 is 23.0 Å². The van der Waals surface area contributed by atoms with Gasteiger partial charge in [-0.1, -0.05) is 0 Å². The highest BCUT2D eigenvalue weighted by molar-refractivity contribution is 5.84. The van der Waals surface area contributed by atoms with Gasteiger partial charge < -0.3 is 20.3 Å². The number of hydrogen-bond donors (Lipinski definition) is 2. The number of pyridine rings is 2. The van der Waals surface area contributed by atoms with Gasteiger partial charge in [0.25, 0.3) is 5.56 Å². The number of methoxy groups -OCH3 is 1. The Hall–Kier alpha value is -3.53. The van der Waals surface area contributed by atoms with Gasteiger partial charge in [-0.15, -0.1) is 0 Å². The van der Waals surface area contributed by atoms with E-state index in [9.17, 15) is 9.59 Å². The Balaban J connectivity index is 1.77. The van der Waals surface area contributed by atoms with Gasteiger partial charge >= 0.3 is 5.97 Å². The molecule has 0 bridgehead atoms. The molecule has 32 heavy (non-hydrogen) atoms. The zero-order valence-corrected chi connectivity index (χ0v) is 17.9. The van der Waals surface area contributed by atoms with Gasteiger partial charge in [0.05, 0.1) is 18.9 Å². The summed E-state index contributed by atoms with van der Waals surface area (Å²) < 4.78 is 12.3. The Morgan fingerprint density at radius 3 is 2.62 bits per heavy atom. The molecule has 0 saturated heterocycles. The molecule has 1 aliphatic rings. The fourth-order valence-electron chi connectivity index (χ4n) is 4.24. The summed E-state index contributed by atoms with van der Waals surface area (Å²) in [7, 11) is 1.53. The number of fused-ring (bicyclic) bond motifs is 1. The number of carboxylic acid groups (broad SMARTS) is 1.